The minimum atomic E-state index is -0.177. The summed E-state index contributed by atoms with van der Waals surface area (Å²) < 4.78 is 10.7. The molecule has 2 saturated heterocycles. The molecule has 0 aliphatic carbocycles. The van der Waals surface area contributed by atoms with Gasteiger partial charge in [0.05, 0.1) is 12.2 Å². The van der Waals surface area contributed by atoms with Crippen LogP contribution in [0.3, 0.4) is 0 Å². The first-order valence-corrected chi connectivity index (χ1v) is 6.59. The van der Waals surface area contributed by atoms with Gasteiger partial charge in [-0.15, -0.1) is 0 Å². The largest absolute Gasteiger partial charge is 0.383 e. The van der Waals surface area contributed by atoms with Crippen molar-refractivity contribution >= 4 is 6.03 Å². The quantitative estimate of drug-likeness (QED) is 0.694. The zero-order valence-electron chi connectivity index (χ0n) is 11.0. The fraction of sp³-hybridized carbons (Fsp3) is 0.917. The number of piperidine rings is 1. The number of urea groups is 1. The van der Waals surface area contributed by atoms with Gasteiger partial charge in [-0.3, -0.25) is 0 Å². The molecule has 0 radical (unpaired) electrons. The van der Waals surface area contributed by atoms with E-state index in [4.69, 9.17) is 15.2 Å². The molecule has 6 nitrogen and oxygen atoms in total. The Kier molecular flexibility index (Phi) is 4.42. The average Bonchev–Trinajstić information content (AvgIpc) is 2.72. The fourth-order valence-electron chi connectivity index (χ4n) is 2.73. The Balaban J connectivity index is 1.77. The highest BCUT2D eigenvalue weighted by Gasteiger charge is 2.45. The number of hydrogen-bond acceptors (Lipinski definition) is 4. The van der Waals surface area contributed by atoms with Gasteiger partial charge >= 0.3 is 6.03 Å². The topological polar surface area (TPSA) is 76.8 Å². The summed E-state index contributed by atoms with van der Waals surface area (Å²) in [5.41, 5.74) is 5.93. The van der Waals surface area contributed by atoms with Crippen LogP contribution in [0.5, 0.6) is 0 Å². The first-order valence-electron chi connectivity index (χ1n) is 6.59. The second-order valence-corrected chi connectivity index (χ2v) is 5.02. The normalized spacial score (nSPS) is 26.6. The third kappa shape index (κ3) is 2.76. The number of rotatable bonds is 3. The molecule has 0 aromatic carbocycles. The van der Waals surface area contributed by atoms with Crippen molar-refractivity contribution in [3.63, 3.8) is 0 Å². The van der Waals surface area contributed by atoms with E-state index >= 15 is 0 Å². The number of likely N-dealkylation sites (tertiary alicyclic amines) is 1. The number of carbonyl (C=O) groups excluding carboxylic acids is 1. The highest BCUT2D eigenvalue weighted by molar-refractivity contribution is 5.74. The Morgan fingerprint density at radius 1 is 1.56 bits per heavy atom. The van der Waals surface area contributed by atoms with E-state index in [0.717, 1.165) is 25.9 Å². The molecule has 1 unspecified atom stereocenters. The van der Waals surface area contributed by atoms with Crippen LogP contribution < -0.4 is 11.1 Å². The summed E-state index contributed by atoms with van der Waals surface area (Å²) in [5.74, 6) is 0. The standard InChI is InChI=1S/C12H23N3O3/c1-17-9-5-14-11(16)15-6-3-12(4-7-15)10(13)2-8-18-12/h10H,2-9,13H2,1H3,(H,14,16). The van der Waals surface area contributed by atoms with Crippen LogP contribution >= 0.6 is 0 Å². The molecule has 0 bridgehead atoms. The van der Waals surface area contributed by atoms with Crippen LogP contribution in [0.1, 0.15) is 19.3 Å². The Morgan fingerprint density at radius 3 is 2.83 bits per heavy atom. The number of nitrogens with two attached hydrogens (primary N) is 1. The van der Waals surface area contributed by atoms with Crippen molar-refractivity contribution in [1.29, 1.82) is 0 Å². The monoisotopic (exact) mass is 257 g/mol. The maximum Gasteiger partial charge on any atom is 0.317 e. The highest BCUT2D eigenvalue weighted by atomic mass is 16.5. The van der Waals surface area contributed by atoms with Crippen molar-refractivity contribution in [3.05, 3.63) is 0 Å². The predicted octanol–water partition coefficient (Wildman–Crippen LogP) is -0.0754. The summed E-state index contributed by atoms with van der Waals surface area (Å²) in [6.45, 7) is 3.27. The van der Waals surface area contributed by atoms with E-state index in [0.29, 0.717) is 26.2 Å². The molecule has 2 aliphatic heterocycles. The smallest absolute Gasteiger partial charge is 0.317 e. The van der Waals surface area contributed by atoms with Gasteiger partial charge in [0.2, 0.25) is 0 Å². The lowest BCUT2D eigenvalue weighted by Crippen LogP contribution is -2.55. The molecule has 2 rings (SSSR count). The maximum atomic E-state index is 11.8. The van der Waals surface area contributed by atoms with E-state index in [9.17, 15) is 4.79 Å². The molecule has 104 valence electrons. The third-order valence-electron chi connectivity index (χ3n) is 3.97. The molecule has 1 spiro atoms. The molecule has 2 amide bonds. The summed E-state index contributed by atoms with van der Waals surface area (Å²) in [5, 5.41) is 2.83. The Labute approximate surface area is 108 Å². The van der Waals surface area contributed by atoms with Gasteiger partial charge in [0.15, 0.2) is 0 Å². The van der Waals surface area contributed by atoms with Gasteiger partial charge in [-0.05, 0) is 19.3 Å². The van der Waals surface area contributed by atoms with Gasteiger partial charge in [0.25, 0.3) is 0 Å². The molecule has 3 N–H and O–H groups in total. The van der Waals surface area contributed by atoms with E-state index in [-0.39, 0.29) is 17.7 Å². The number of hydrogen-bond donors (Lipinski definition) is 2. The molecule has 2 heterocycles. The van der Waals surface area contributed by atoms with Crippen molar-refractivity contribution < 1.29 is 14.3 Å². The number of nitrogens with one attached hydrogen (secondary N) is 1. The lowest BCUT2D eigenvalue weighted by Gasteiger charge is -2.40. The molecule has 2 fully saturated rings. The first-order chi connectivity index (χ1) is 8.68. The summed E-state index contributed by atoms with van der Waals surface area (Å²) >= 11 is 0. The van der Waals surface area contributed by atoms with E-state index in [1.807, 2.05) is 4.90 Å². The van der Waals surface area contributed by atoms with Crippen LogP contribution in [0.15, 0.2) is 0 Å². The van der Waals surface area contributed by atoms with Gasteiger partial charge in [-0.1, -0.05) is 0 Å². The molecule has 0 saturated carbocycles. The molecule has 1 atom stereocenters. The SMILES string of the molecule is COCCNC(=O)N1CCC2(CC1)OCCC2N. The summed E-state index contributed by atoms with van der Waals surface area (Å²) in [6.07, 6.45) is 2.61. The van der Waals surface area contributed by atoms with Gasteiger partial charge in [0.1, 0.15) is 0 Å². The average molecular weight is 257 g/mol. The summed E-state index contributed by atoms with van der Waals surface area (Å²) in [4.78, 5) is 13.7. The van der Waals surface area contributed by atoms with Crippen LogP contribution in [-0.2, 0) is 9.47 Å². The van der Waals surface area contributed by atoms with Crippen LogP contribution in [0.4, 0.5) is 4.79 Å². The number of methoxy groups -OCH3 is 1. The van der Waals surface area contributed by atoms with Crippen molar-refractivity contribution in [2.75, 3.05) is 40.0 Å². The van der Waals surface area contributed by atoms with E-state index < -0.39 is 0 Å². The van der Waals surface area contributed by atoms with Crippen molar-refractivity contribution in [2.45, 2.75) is 30.9 Å². The second-order valence-electron chi connectivity index (χ2n) is 5.02. The third-order valence-corrected chi connectivity index (χ3v) is 3.97. The minimum Gasteiger partial charge on any atom is -0.383 e. The summed E-state index contributed by atoms with van der Waals surface area (Å²) in [7, 11) is 1.62. The van der Waals surface area contributed by atoms with Crippen LogP contribution in [0.25, 0.3) is 0 Å². The van der Waals surface area contributed by atoms with E-state index in [1.165, 1.54) is 0 Å². The van der Waals surface area contributed by atoms with Crippen LogP contribution in [0.2, 0.25) is 0 Å². The molecule has 0 aromatic rings. The lowest BCUT2D eigenvalue weighted by molar-refractivity contribution is -0.0439. The lowest BCUT2D eigenvalue weighted by atomic mass is 9.85. The van der Waals surface area contributed by atoms with Crippen LogP contribution in [0, 0.1) is 0 Å². The Morgan fingerprint density at radius 2 is 2.28 bits per heavy atom. The Hall–Kier alpha value is -0.850. The van der Waals surface area contributed by atoms with Crippen LogP contribution in [-0.4, -0.2) is 62.5 Å². The molecule has 6 heteroatoms. The molecule has 18 heavy (non-hydrogen) atoms. The van der Waals surface area contributed by atoms with Gasteiger partial charge in [-0.25, -0.2) is 4.79 Å². The number of ether oxygens (including phenoxy) is 2. The zero-order chi connectivity index (χ0) is 13.0. The van der Waals surface area contributed by atoms with Crippen molar-refractivity contribution in [1.82, 2.24) is 10.2 Å². The Bertz CT molecular complexity index is 290. The zero-order valence-corrected chi connectivity index (χ0v) is 11.0. The molecular weight excluding hydrogens is 234 g/mol. The van der Waals surface area contributed by atoms with Crippen molar-refractivity contribution in [2.24, 2.45) is 5.73 Å². The number of carbonyl (C=O) groups is 1. The molecule has 2 aliphatic rings. The van der Waals surface area contributed by atoms with Gasteiger partial charge in [0, 0.05) is 39.4 Å². The highest BCUT2D eigenvalue weighted by Crippen LogP contribution is 2.34. The maximum absolute atomic E-state index is 11.8. The number of amides is 2. The molecular formula is C12H23N3O3. The minimum absolute atomic E-state index is 0.0199. The van der Waals surface area contributed by atoms with Gasteiger partial charge in [-0.2, -0.15) is 0 Å². The van der Waals surface area contributed by atoms with Gasteiger partial charge < -0.3 is 25.4 Å². The molecule has 0 aromatic heterocycles. The summed E-state index contributed by atoms with van der Waals surface area (Å²) in [6, 6.07) is 0.102. The van der Waals surface area contributed by atoms with Crippen molar-refractivity contribution in [3.8, 4) is 0 Å². The predicted molar refractivity (Wildman–Crippen MR) is 67.4 cm³/mol. The van der Waals surface area contributed by atoms with E-state index in [1.54, 1.807) is 7.11 Å². The first kappa shape index (κ1) is 13.6. The van der Waals surface area contributed by atoms with E-state index in [2.05, 4.69) is 5.32 Å². The second kappa shape index (κ2) is 5.86. The number of nitrogens with zero attached hydrogens (tertiary/aromatic N) is 1. The fourth-order valence-corrected chi connectivity index (χ4v) is 2.73.